The summed E-state index contributed by atoms with van der Waals surface area (Å²) in [6, 6.07) is 6.83. The van der Waals surface area contributed by atoms with Gasteiger partial charge in [0, 0.05) is 13.2 Å². The molecular weight excluding hydrogens is 267 g/mol. The lowest BCUT2D eigenvalue weighted by Gasteiger charge is -2.05. The van der Waals surface area contributed by atoms with Crippen molar-refractivity contribution in [1.29, 1.82) is 0 Å². The maximum absolute atomic E-state index is 13.7. The van der Waals surface area contributed by atoms with Gasteiger partial charge in [-0.3, -0.25) is 4.68 Å². The Bertz CT molecular complexity index is 731. The largest absolute Gasteiger partial charge is 0.321 e. The topological polar surface area (TPSA) is 35.6 Å². The lowest BCUT2D eigenvalue weighted by molar-refractivity contribution is 0.637. The lowest BCUT2D eigenvalue weighted by Crippen LogP contribution is -2.05. The molecule has 0 amide bonds. The molecule has 0 N–H and O–H groups in total. The van der Waals surface area contributed by atoms with Crippen molar-refractivity contribution < 1.29 is 4.39 Å². The lowest BCUT2D eigenvalue weighted by atomic mass is 10.3. The number of benzene rings is 1. The predicted octanol–water partition coefficient (Wildman–Crippen LogP) is 2.70. The van der Waals surface area contributed by atoms with Crippen molar-refractivity contribution >= 4 is 22.6 Å². The molecule has 0 saturated carbocycles. The van der Waals surface area contributed by atoms with Gasteiger partial charge in [0.05, 0.1) is 23.6 Å². The fourth-order valence-electron chi connectivity index (χ4n) is 2.15. The Morgan fingerprint density at radius 1 is 1.32 bits per heavy atom. The maximum atomic E-state index is 13.7. The molecule has 0 bridgehead atoms. The van der Waals surface area contributed by atoms with Crippen LogP contribution in [-0.2, 0) is 19.5 Å². The third kappa shape index (κ3) is 2.10. The second-order valence-electron chi connectivity index (χ2n) is 4.34. The number of rotatable bonds is 3. The second kappa shape index (κ2) is 4.66. The average Bonchev–Trinajstić information content (AvgIpc) is 2.96. The zero-order chi connectivity index (χ0) is 13.4. The van der Waals surface area contributed by atoms with Crippen LogP contribution in [0.5, 0.6) is 0 Å². The molecule has 0 aliphatic carbocycles. The van der Waals surface area contributed by atoms with Crippen LogP contribution in [0.1, 0.15) is 11.5 Å². The van der Waals surface area contributed by atoms with Gasteiger partial charge in [-0.05, 0) is 18.2 Å². The maximum Gasteiger partial charge on any atom is 0.151 e. The van der Waals surface area contributed by atoms with Gasteiger partial charge >= 0.3 is 0 Å². The quantitative estimate of drug-likeness (QED) is 0.691. The Hall–Kier alpha value is -1.88. The van der Waals surface area contributed by atoms with Gasteiger partial charge in [-0.1, -0.05) is 6.07 Å². The highest BCUT2D eigenvalue weighted by atomic mass is 35.5. The zero-order valence-electron chi connectivity index (χ0n) is 10.3. The molecule has 98 valence electrons. The number of aryl methyl sites for hydroxylation is 1. The van der Waals surface area contributed by atoms with Crippen LogP contribution < -0.4 is 0 Å². The van der Waals surface area contributed by atoms with Crippen LogP contribution in [0.2, 0.25) is 0 Å². The fraction of sp³-hybridized carbons (Fsp3) is 0.231. The molecular formula is C13H12ClFN4. The Kier molecular flexibility index (Phi) is 2.98. The number of fused-ring (bicyclic) bond motifs is 1. The molecule has 0 aliphatic heterocycles. The number of hydrogen-bond donors (Lipinski definition) is 0. The van der Waals surface area contributed by atoms with Gasteiger partial charge in [0.2, 0.25) is 0 Å². The molecule has 0 fully saturated rings. The minimum atomic E-state index is -0.330. The van der Waals surface area contributed by atoms with Gasteiger partial charge < -0.3 is 4.57 Å². The number of hydrogen-bond acceptors (Lipinski definition) is 2. The molecule has 4 nitrogen and oxygen atoms in total. The molecule has 2 heterocycles. The number of aromatic nitrogens is 4. The summed E-state index contributed by atoms with van der Waals surface area (Å²) in [5.41, 5.74) is 1.98. The summed E-state index contributed by atoms with van der Waals surface area (Å²) < 4.78 is 17.3. The second-order valence-corrected chi connectivity index (χ2v) is 4.60. The summed E-state index contributed by atoms with van der Waals surface area (Å²) in [6.07, 6.45) is 1.87. The van der Waals surface area contributed by atoms with E-state index in [2.05, 4.69) is 10.1 Å². The van der Waals surface area contributed by atoms with Gasteiger partial charge in [0.25, 0.3) is 0 Å². The van der Waals surface area contributed by atoms with Crippen LogP contribution in [0, 0.1) is 5.82 Å². The molecule has 1 aromatic carbocycles. The molecule has 0 atom stereocenters. The van der Waals surface area contributed by atoms with Crippen LogP contribution in [0.15, 0.2) is 30.5 Å². The average molecular weight is 279 g/mol. The normalized spacial score (nSPS) is 11.3. The van der Waals surface area contributed by atoms with Crippen LogP contribution >= 0.6 is 11.6 Å². The first-order chi connectivity index (χ1) is 9.19. The monoisotopic (exact) mass is 278 g/mol. The summed E-state index contributed by atoms with van der Waals surface area (Å²) in [6.45, 7) is 0.531. The fourth-order valence-corrected chi connectivity index (χ4v) is 2.35. The SMILES string of the molecule is Cn1ccc(Cn2c(CCl)nc3c(F)cccc32)n1. The third-order valence-electron chi connectivity index (χ3n) is 3.02. The van der Waals surface area contributed by atoms with Crippen LogP contribution in [0.4, 0.5) is 4.39 Å². The first kappa shape index (κ1) is 12.2. The van der Waals surface area contributed by atoms with Crippen molar-refractivity contribution in [2.24, 2.45) is 7.05 Å². The van der Waals surface area contributed by atoms with Crippen molar-refractivity contribution in [3.8, 4) is 0 Å². The highest BCUT2D eigenvalue weighted by Gasteiger charge is 2.13. The van der Waals surface area contributed by atoms with E-state index in [1.807, 2.05) is 29.9 Å². The third-order valence-corrected chi connectivity index (χ3v) is 3.26. The Balaban J connectivity index is 2.13. The van der Waals surface area contributed by atoms with E-state index < -0.39 is 0 Å². The Morgan fingerprint density at radius 3 is 2.84 bits per heavy atom. The zero-order valence-corrected chi connectivity index (χ0v) is 11.1. The molecule has 0 radical (unpaired) electrons. The molecule has 3 aromatic rings. The van der Waals surface area contributed by atoms with E-state index >= 15 is 0 Å². The van der Waals surface area contributed by atoms with E-state index in [1.54, 1.807) is 10.7 Å². The summed E-state index contributed by atoms with van der Waals surface area (Å²) in [4.78, 5) is 4.26. The molecule has 0 aliphatic rings. The predicted molar refractivity (Wildman–Crippen MR) is 71.6 cm³/mol. The van der Waals surface area contributed by atoms with Gasteiger partial charge in [0.1, 0.15) is 11.3 Å². The molecule has 6 heteroatoms. The van der Waals surface area contributed by atoms with Gasteiger partial charge in [-0.15, -0.1) is 11.6 Å². The van der Waals surface area contributed by atoms with Crippen LogP contribution in [0.25, 0.3) is 11.0 Å². The van der Waals surface area contributed by atoms with Crippen molar-refractivity contribution in [1.82, 2.24) is 19.3 Å². The number of alkyl halides is 1. The van der Waals surface area contributed by atoms with Crippen LogP contribution in [0.3, 0.4) is 0 Å². The number of para-hydroxylation sites is 1. The molecule has 19 heavy (non-hydrogen) atoms. The van der Waals surface area contributed by atoms with Crippen molar-refractivity contribution in [2.45, 2.75) is 12.4 Å². The first-order valence-electron chi connectivity index (χ1n) is 5.87. The Labute approximate surface area is 114 Å². The summed E-state index contributed by atoms with van der Waals surface area (Å²) in [7, 11) is 1.86. The minimum absolute atomic E-state index is 0.237. The summed E-state index contributed by atoms with van der Waals surface area (Å²) in [5, 5.41) is 4.32. The molecule has 0 spiro atoms. The number of halogens is 2. The van der Waals surface area contributed by atoms with E-state index in [0.717, 1.165) is 11.2 Å². The van der Waals surface area contributed by atoms with Gasteiger partial charge in [-0.25, -0.2) is 9.37 Å². The Morgan fingerprint density at radius 2 is 2.16 bits per heavy atom. The summed E-state index contributed by atoms with van der Waals surface area (Å²) in [5.74, 6) is 0.553. The smallest absolute Gasteiger partial charge is 0.151 e. The van der Waals surface area contributed by atoms with E-state index in [4.69, 9.17) is 11.6 Å². The molecule has 0 unspecified atom stereocenters. The number of nitrogens with zero attached hydrogens (tertiary/aromatic N) is 4. The van der Waals surface area contributed by atoms with E-state index in [9.17, 15) is 4.39 Å². The molecule has 0 saturated heterocycles. The highest BCUT2D eigenvalue weighted by Crippen LogP contribution is 2.21. The molecule has 2 aromatic heterocycles. The summed E-state index contributed by atoms with van der Waals surface area (Å²) >= 11 is 5.90. The van der Waals surface area contributed by atoms with Gasteiger partial charge in [-0.2, -0.15) is 5.10 Å². The number of imidazole rings is 1. The van der Waals surface area contributed by atoms with E-state index in [0.29, 0.717) is 17.9 Å². The first-order valence-corrected chi connectivity index (χ1v) is 6.40. The van der Waals surface area contributed by atoms with Crippen molar-refractivity contribution in [3.05, 3.63) is 47.8 Å². The van der Waals surface area contributed by atoms with E-state index in [1.165, 1.54) is 6.07 Å². The van der Waals surface area contributed by atoms with Gasteiger partial charge in [0.15, 0.2) is 5.82 Å². The minimum Gasteiger partial charge on any atom is -0.321 e. The molecule has 3 rings (SSSR count). The highest BCUT2D eigenvalue weighted by molar-refractivity contribution is 6.16. The standard InChI is InChI=1S/C13H12ClFN4/c1-18-6-5-9(17-18)8-19-11-4-2-3-10(15)13(11)16-12(19)7-14/h2-6H,7-8H2,1H3. The van der Waals surface area contributed by atoms with E-state index in [-0.39, 0.29) is 11.7 Å². The van der Waals surface area contributed by atoms with Crippen molar-refractivity contribution in [3.63, 3.8) is 0 Å². The van der Waals surface area contributed by atoms with Crippen molar-refractivity contribution in [2.75, 3.05) is 0 Å². The van der Waals surface area contributed by atoms with Crippen LogP contribution in [-0.4, -0.2) is 19.3 Å².